The summed E-state index contributed by atoms with van der Waals surface area (Å²) in [5.74, 6) is -1.85. The summed E-state index contributed by atoms with van der Waals surface area (Å²) in [4.78, 5) is 11.0. The summed E-state index contributed by atoms with van der Waals surface area (Å²) in [5.41, 5.74) is 6.60. The third-order valence-electron chi connectivity index (χ3n) is 5.94. The number of carboxylic acids is 1. The van der Waals surface area contributed by atoms with Crippen LogP contribution in [0.4, 0.5) is 4.39 Å². The molecule has 0 saturated heterocycles. The fraction of sp³-hybridized carbons (Fsp3) is 0.200. The normalized spacial score (nSPS) is 14.2. The lowest BCUT2D eigenvalue weighted by atomic mass is 9.85. The molecule has 0 radical (unpaired) electrons. The second-order valence-corrected chi connectivity index (χ2v) is 8.77. The molecule has 0 spiro atoms. The number of allylic oxidation sites excluding steroid dienone is 2. The summed E-state index contributed by atoms with van der Waals surface area (Å²) >= 11 is 0. The maximum absolute atomic E-state index is 14.3. The fourth-order valence-corrected chi connectivity index (χ4v) is 4.11. The second-order valence-electron chi connectivity index (χ2n) is 8.77. The maximum atomic E-state index is 14.3. The van der Waals surface area contributed by atoms with E-state index in [1.165, 1.54) is 35.4 Å². The molecule has 0 fully saturated rings. The average molecular weight is 472 g/mol. The molecule has 1 aliphatic rings. The van der Waals surface area contributed by atoms with Crippen LogP contribution in [-0.2, 0) is 5.41 Å². The van der Waals surface area contributed by atoms with Crippen molar-refractivity contribution >= 4 is 23.3 Å². The van der Waals surface area contributed by atoms with Gasteiger partial charge in [0, 0.05) is 16.5 Å². The van der Waals surface area contributed by atoms with Crippen LogP contribution in [0.15, 0.2) is 78.0 Å². The molecule has 0 aromatic heterocycles. The van der Waals surface area contributed by atoms with Gasteiger partial charge in [-0.15, -0.1) is 0 Å². The Balaban J connectivity index is 0.00000167. The molecule has 0 heterocycles. The van der Waals surface area contributed by atoms with Crippen LogP contribution in [0.5, 0.6) is 0 Å². The molecule has 4 nitrogen and oxygen atoms in total. The van der Waals surface area contributed by atoms with Crippen LogP contribution in [0, 0.1) is 12.7 Å². The van der Waals surface area contributed by atoms with E-state index in [1.54, 1.807) is 0 Å². The molecule has 180 valence electrons. The Hall–Kier alpha value is -3.99. The fourth-order valence-electron chi connectivity index (χ4n) is 4.11. The zero-order chi connectivity index (χ0) is 25.8. The zero-order valence-electron chi connectivity index (χ0n) is 20.6. The van der Waals surface area contributed by atoms with Crippen LogP contribution < -0.4 is 0 Å². The van der Waals surface area contributed by atoms with E-state index in [9.17, 15) is 14.4 Å². The summed E-state index contributed by atoms with van der Waals surface area (Å²) in [5, 5.41) is 22.0. The number of hydrogen-bond donors (Lipinski definition) is 2. The molecule has 0 unspecified atom stereocenters. The van der Waals surface area contributed by atoms with Crippen molar-refractivity contribution in [2.45, 2.75) is 40.0 Å². The topological polar surface area (TPSA) is 69.9 Å². The van der Waals surface area contributed by atoms with Gasteiger partial charge < -0.3 is 10.3 Å². The Kier molecular flexibility index (Phi) is 7.70. The van der Waals surface area contributed by atoms with Crippen LogP contribution in [0.25, 0.3) is 11.6 Å². The van der Waals surface area contributed by atoms with Crippen LogP contribution in [0.2, 0.25) is 0 Å². The van der Waals surface area contributed by atoms with Crippen molar-refractivity contribution in [1.82, 2.24) is 0 Å². The lowest BCUT2D eigenvalue weighted by Crippen LogP contribution is -2.12. The van der Waals surface area contributed by atoms with Crippen LogP contribution in [0.3, 0.4) is 0 Å². The van der Waals surface area contributed by atoms with Gasteiger partial charge in [-0.1, -0.05) is 87.0 Å². The number of oxime groups is 1. The largest absolute Gasteiger partial charge is 0.478 e. The SMILES string of the molecule is CC.Cc1ccc(C2=CC(C)(C)c3cc(C(/C=C/c4ccc(C(=O)O)cc4F)=N\O)ccc32)cc1. The molecule has 3 aromatic carbocycles. The quantitative estimate of drug-likeness (QED) is 0.230. The first-order chi connectivity index (χ1) is 16.7. The first-order valence-corrected chi connectivity index (χ1v) is 11.6. The van der Waals surface area contributed by atoms with E-state index in [0.29, 0.717) is 5.56 Å². The van der Waals surface area contributed by atoms with E-state index in [-0.39, 0.29) is 22.3 Å². The lowest BCUT2D eigenvalue weighted by Gasteiger charge is -2.18. The number of fused-ring (bicyclic) bond motifs is 1. The van der Waals surface area contributed by atoms with Gasteiger partial charge >= 0.3 is 5.97 Å². The number of halogens is 1. The molecule has 0 atom stereocenters. The van der Waals surface area contributed by atoms with Gasteiger partial charge in [0.2, 0.25) is 0 Å². The van der Waals surface area contributed by atoms with E-state index in [1.807, 2.05) is 32.0 Å². The van der Waals surface area contributed by atoms with Gasteiger partial charge in [0.15, 0.2) is 0 Å². The molecular formula is C30H30FNO3. The van der Waals surface area contributed by atoms with Crippen LogP contribution in [0.1, 0.15) is 71.4 Å². The summed E-state index contributed by atoms with van der Waals surface area (Å²) in [7, 11) is 0. The van der Waals surface area contributed by atoms with Crippen molar-refractivity contribution in [2.75, 3.05) is 0 Å². The number of benzene rings is 3. The molecule has 0 amide bonds. The highest BCUT2D eigenvalue weighted by Gasteiger charge is 2.30. The minimum absolute atomic E-state index is 0.126. The van der Waals surface area contributed by atoms with Crippen molar-refractivity contribution < 1.29 is 19.5 Å². The lowest BCUT2D eigenvalue weighted by molar-refractivity contribution is 0.0696. The molecule has 0 bridgehead atoms. The Morgan fingerprint density at radius 1 is 0.971 bits per heavy atom. The number of aryl methyl sites for hydroxylation is 1. The smallest absolute Gasteiger partial charge is 0.335 e. The predicted molar refractivity (Wildman–Crippen MR) is 140 cm³/mol. The summed E-state index contributed by atoms with van der Waals surface area (Å²) < 4.78 is 14.3. The van der Waals surface area contributed by atoms with Crippen molar-refractivity contribution in [2.24, 2.45) is 5.16 Å². The van der Waals surface area contributed by atoms with E-state index in [0.717, 1.165) is 22.8 Å². The summed E-state index contributed by atoms with van der Waals surface area (Å²) in [6, 6.07) is 18.0. The third-order valence-corrected chi connectivity index (χ3v) is 5.94. The summed E-state index contributed by atoms with van der Waals surface area (Å²) in [6.45, 7) is 10.3. The molecule has 3 aromatic rings. The molecule has 0 saturated carbocycles. The maximum Gasteiger partial charge on any atom is 0.335 e. The van der Waals surface area contributed by atoms with E-state index in [4.69, 9.17) is 5.11 Å². The number of hydrogen-bond acceptors (Lipinski definition) is 3. The third kappa shape index (κ3) is 5.40. The van der Waals surface area contributed by atoms with E-state index < -0.39 is 11.8 Å². The first-order valence-electron chi connectivity index (χ1n) is 11.6. The summed E-state index contributed by atoms with van der Waals surface area (Å²) in [6.07, 6.45) is 5.22. The Morgan fingerprint density at radius 2 is 1.63 bits per heavy atom. The monoisotopic (exact) mass is 471 g/mol. The number of rotatable bonds is 5. The van der Waals surface area contributed by atoms with Gasteiger partial charge in [0.1, 0.15) is 11.5 Å². The van der Waals surface area contributed by atoms with Gasteiger partial charge in [-0.05, 0) is 59.5 Å². The molecule has 2 N–H and O–H groups in total. The minimum Gasteiger partial charge on any atom is -0.478 e. The number of carboxylic acid groups (broad SMARTS) is 1. The molecule has 35 heavy (non-hydrogen) atoms. The predicted octanol–water partition coefficient (Wildman–Crippen LogP) is 7.47. The molecular weight excluding hydrogens is 441 g/mol. The molecule has 1 aliphatic carbocycles. The van der Waals surface area contributed by atoms with Crippen LogP contribution >= 0.6 is 0 Å². The number of carbonyl (C=O) groups is 1. The van der Waals surface area contributed by atoms with Gasteiger partial charge in [0.25, 0.3) is 0 Å². The highest BCUT2D eigenvalue weighted by Crippen LogP contribution is 2.43. The van der Waals surface area contributed by atoms with Gasteiger partial charge in [0.05, 0.1) is 5.56 Å². The van der Waals surface area contributed by atoms with Crippen molar-refractivity contribution in [3.63, 3.8) is 0 Å². The van der Waals surface area contributed by atoms with Crippen molar-refractivity contribution in [1.29, 1.82) is 0 Å². The second kappa shape index (κ2) is 10.5. The minimum atomic E-state index is -1.19. The van der Waals surface area contributed by atoms with Gasteiger partial charge in [-0.25, -0.2) is 9.18 Å². The number of aromatic carboxylic acids is 1. The van der Waals surface area contributed by atoms with Gasteiger partial charge in [-0.3, -0.25) is 0 Å². The van der Waals surface area contributed by atoms with Crippen molar-refractivity contribution in [3.8, 4) is 0 Å². The molecule has 4 rings (SSSR count). The van der Waals surface area contributed by atoms with E-state index in [2.05, 4.69) is 56.3 Å². The Labute approximate surface area is 205 Å². The molecule has 5 heteroatoms. The van der Waals surface area contributed by atoms with Gasteiger partial charge in [-0.2, -0.15) is 0 Å². The molecule has 0 aliphatic heterocycles. The van der Waals surface area contributed by atoms with Crippen LogP contribution in [-0.4, -0.2) is 22.0 Å². The highest BCUT2D eigenvalue weighted by atomic mass is 19.1. The standard InChI is InChI=1S/C28H24FNO3.C2H6/c1-17-4-6-18(7-5-17)23-16-28(2,3)24-14-20(10-12-22(23)24)26(30-33)13-11-19-8-9-21(27(31)32)15-25(19)29;1-2/h4-16,33H,1-3H3,(H,31,32);1-2H3/b13-11+,30-26-;. The highest BCUT2D eigenvalue weighted by molar-refractivity contribution is 6.11. The first kappa shape index (κ1) is 25.6. The Bertz CT molecular complexity index is 1330. The number of nitrogens with zero attached hydrogens (tertiary/aromatic N) is 1. The zero-order valence-corrected chi connectivity index (χ0v) is 20.6. The van der Waals surface area contributed by atoms with Crippen molar-refractivity contribution in [3.05, 3.63) is 118 Å². The van der Waals surface area contributed by atoms with E-state index >= 15 is 0 Å². The average Bonchev–Trinajstić information content (AvgIpc) is 3.12. The Morgan fingerprint density at radius 3 is 2.23 bits per heavy atom.